The van der Waals surface area contributed by atoms with Crippen LogP contribution in [0.1, 0.15) is 49.4 Å². The lowest BCUT2D eigenvalue weighted by molar-refractivity contribution is 0.176. The summed E-state index contributed by atoms with van der Waals surface area (Å²) in [5.41, 5.74) is 0. The number of nitrogens with zero attached hydrogens (tertiary/aromatic N) is 4. The van der Waals surface area contributed by atoms with Gasteiger partial charge in [0.2, 0.25) is 0 Å². The Morgan fingerprint density at radius 1 is 1.28 bits per heavy atom. The van der Waals surface area contributed by atoms with Crippen LogP contribution in [0.2, 0.25) is 0 Å². The maximum Gasteiger partial charge on any atom is 0.190 e. The van der Waals surface area contributed by atoms with Crippen LogP contribution in [0.5, 0.6) is 0 Å². The summed E-state index contributed by atoms with van der Waals surface area (Å²) in [5.74, 6) is 4.49. The molecule has 2 aromatic heterocycles. The van der Waals surface area contributed by atoms with Gasteiger partial charge in [-0.05, 0) is 70.1 Å². The maximum absolute atomic E-state index is 5.76. The van der Waals surface area contributed by atoms with Gasteiger partial charge in [-0.2, -0.15) is 0 Å². The smallest absolute Gasteiger partial charge is 0.190 e. The summed E-state index contributed by atoms with van der Waals surface area (Å²) in [7, 11) is 2.08. The molecule has 1 fully saturated rings. The Balaban J connectivity index is 1.41. The number of piperidine rings is 1. The molecule has 138 valence electrons. The number of aromatic nitrogens is 3. The van der Waals surface area contributed by atoms with Crippen molar-refractivity contribution in [1.29, 1.82) is 0 Å². The van der Waals surface area contributed by atoms with Crippen LogP contribution in [-0.4, -0.2) is 45.6 Å². The van der Waals surface area contributed by atoms with Gasteiger partial charge in [0.1, 0.15) is 17.3 Å². The van der Waals surface area contributed by atoms with E-state index in [2.05, 4.69) is 52.0 Å². The van der Waals surface area contributed by atoms with Crippen molar-refractivity contribution in [3.8, 4) is 0 Å². The van der Waals surface area contributed by atoms with Crippen molar-refractivity contribution >= 4 is 11.8 Å². The minimum Gasteiger partial charge on any atom is -0.466 e. The van der Waals surface area contributed by atoms with E-state index in [1.807, 2.05) is 6.92 Å². The summed E-state index contributed by atoms with van der Waals surface area (Å²) in [4.78, 5) is 2.60. The van der Waals surface area contributed by atoms with Crippen LogP contribution in [-0.2, 0) is 13.5 Å². The fraction of sp³-hybridized carbons (Fsp3) is 0.684. The van der Waals surface area contributed by atoms with E-state index in [1.165, 1.54) is 25.9 Å². The third-order valence-electron chi connectivity index (χ3n) is 5.41. The third kappa shape index (κ3) is 4.67. The van der Waals surface area contributed by atoms with Crippen molar-refractivity contribution < 1.29 is 4.42 Å². The number of hydrogen-bond donors (Lipinski definition) is 0. The van der Waals surface area contributed by atoms with Crippen LogP contribution in [0.4, 0.5) is 0 Å². The standard InChI is InChI=1S/C19H30N4OS/c1-14(17-6-5-15(2)24-17)7-10-23-11-8-16(9-12-23)13-18-20-21-19(25-4)22(18)3/h5-6,14,16H,7-13H2,1-4H3/t14-/m0/s1. The van der Waals surface area contributed by atoms with Crippen molar-refractivity contribution in [1.82, 2.24) is 19.7 Å². The normalized spacial score (nSPS) is 17.9. The number of aryl methyl sites for hydroxylation is 1. The first-order valence-electron chi connectivity index (χ1n) is 9.27. The predicted octanol–water partition coefficient (Wildman–Crippen LogP) is 3.89. The first kappa shape index (κ1) is 18.5. The van der Waals surface area contributed by atoms with Crippen LogP contribution in [0, 0.1) is 12.8 Å². The predicted molar refractivity (Wildman–Crippen MR) is 102 cm³/mol. The van der Waals surface area contributed by atoms with Crippen molar-refractivity contribution in [2.75, 3.05) is 25.9 Å². The fourth-order valence-electron chi connectivity index (χ4n) is 3.61. The zero-order valence-electron chi connectivity index (χ0n) is 15.9. The second-order valence-electron chi connectivity index (χ2n) is 7.29. The molecule has 0 radical (unpaired) electrons. The van der Waals surface area contributed by atoms with E-state index in [-0.39, 0.29) is 0 Å². The Bertz CT molecular complexity index is 673. The van der Waals surface area contributed by atoms with Gasteiger partial charge in [0.25, 0.3) is 0 Å². The summed E-state index contributed by atoms with van der Waals surface area (Å²) in [6.45, 7) is 7.83. The van der Waals surface area contributed by atoms with E-state index in [4.69, 9.17) is 4.42 Å². The van der Waals surface area contributed by atoms with Crippen molar-refractivity contribution in [3.63, 3.8) is 0 Å². The minimum atomic E-state index is 0.495. The SMILES string of the molecule is CSc1nnc(CC2CCN(CC[C@H](C)c3ccc(C)o3)CC2)n1C. The van der Waals surface area contributed by atoms with Gasteiger partial charge >= 0.3 is 0 Å². The molecule has 1 atom stereocenters. The fourth-order valence-corrected chi connectivity index (χ4v) is 4.11. The van der Waals surface area contributed by atoms with Crippen LogP contribution >= 0.6 is 11.8 Å². The Morgan fingerprint density at radius 2 is 2.04 bits per heavy atom. The Labute approximate surface area is 155 Å². The Kier molecular flexibility index (Phi) is 6.23. The summed E-state index contributed by atoms with van der Waals surface area (Å²) in [5, 5.41) is 9.62. The monoisotopic (exact) mass is 362 g/mol. The quantitative estimate of drug-likeness (QED) is 0.699. The molecular weight excluding hydrogens is 332 g/mol. The molecule has 6 heteroatoms. The molecule has 25 heavy (non-hydrogen) atoms. The minimum absolute atomic E-state index is 0.495. The highest BCUT2D eigenvalue weighted by Gasteiger charge is 2.22. The lowest BCUT2D eigenvalue weighted by atomic mass is 9.92. The number of thioether (sulfide) groups is 1. The molecule has 0 spiro atoms. The Hall–Kier alpha value is -1.27. The zero-order chi connectivity index (χ0) is 17.8. The van der Waals surface area contributed by atoms with Crippen LogP contribution in [0.3, 0.4) is 0 Å². The highest BCUT2D eigenvalue weighted by atomic mass is 32.2. The molecule has 1 saturated heterocycles. The van der Waals surface area contributed by atoms with Crippen molar-refractivity contribution in [2.45, 2.75) is 50.6 Å². The van der Waals surface area contributed by atoms with Crippen molar-refractivity contribution in [2.24, 2.45) is 13.0 Å². The van der Waals surface area contributed by atoms with Crippen LogP contribution in [0.25, 0.3) is 0 Å². The van der Waals surface area contributed by atoms with Crippen molar-refractivity contribution in [3.05, 3.63) is 29.5 Å². The lowest BCUT2D eigenvalue weighted by Gasteiger charge is -2.32. The van der Waals surface area contributed by atoms with Crippen LogP contribution < -0.4 is 0 Å². The molecule has 2 aromatic rings. The molecule has 0 N–H and O–H groups in total. The average molecular weight is 363 g/mol. The molecule has 3 heterocycles. The van der Waals surface area contributed by atoms with Gasteiger partial charge in [0.15, 0.2) is 5.16 Å². The van der Waals surface area contributed by atoms with E-state index in [9.17, 15) is 0 Å². The van der Waals surface area contributed by atoms with E-state index in [0.29, 0.717) is 5.92 Å². The third-order valence-corrected chi connectivity index (χ3v) is 6.13. The van der Waals surface area contributed by atoms with Gasteiger partial charge in [-0.3, -0.25) is 0 Å². The molecule has 0 bridgehead atoms. The molecule has 1 aliphatic rings. The van der Waals surface area contributed by atoms with Gasteiger partial charge in [-0.1, -0.05) is 18.7 Å². The highest BCUT2D eigenvalue weighted by molar-refractivity contribution is 7.98. The second-order valence-corrected chi connectivity index (χ2v) is 8.06. The number of likely N-dealkylation sites (tertiary alicyclic amines) is 1. The first-order valence-corrected chi connectivity index (χ1v) is 10.5. The van der Waals surface area contributed by atoms with Crippen LogP contribution in [0.15, 0.2) is 21.7 Å². The van der Waals surface area contributed by atoms with E-state index < -0.39 is 0 Å². The molecule has 0 amide bonds. The maximum atomic E-state index is 5.76. The largest absolute Gasteiger partial charge is 0.466 e. The summed E-state index contributed by atoms with van der Waals surface area (Å²) >= 11 is 1.66. The zero-order valence-corrected chi connectivity index (χ0v) is 16.7. The molecule has 1 aliphatic heterocycles. The molecule has 5 nitrogen and oxygen atoms in total. The van der Waals surface area contributed by atoms with Gasteiger partial charge < -0.3 is 13.9 Å². The first-order chi connectivity index (χ1) is 12.1. The van der Waals surface area contributed by atoms with Gasteiger partial charge in [-0.15, -0.1) is 10.2 Å². The van der Waals surface area contributed by atoms with E-state index in [1.54, 1.807) is 11.8 Å². The van der Waals surface area contributed by atoms with Gasteiger partial charge in [0.05, 0.1) is 0 Å². The number of rotatable bonds is 7. The number of hydrogen-bond acceptors (Lipinski definition) is 5. The molecule has 0 unspecified atom stereocenters. The highest BCUT2D eigenvalue weighted by Crippen LogP contribution is 2.25. The molecule has 3 rings (SSSR count). The lowest BCUT2D eigenvalue weighted by Crippen LogP contribution is -2.35. The van der Waals surface area contributed by atoms with Gasteiger partial charge in [-0.25, -0.2) is 0 Å². The second kappa shape index (κ2) is 8.41. The summed E-state index contributed by atoms with van der Waals surface area (Å²) in [6.07, 6.45) is 6.79. The average Bonchev–Trinajstić information content (AvgIpc) is 3.20. The van der Waals surface area contributed by atoms with E-state index >= 15 is 0 Å². The molecule has 0 aliphatic carbocycles. The number of furan rings is 1. The molecule has 0 aromatic carbocycles. The molecular formula is C19H30N4OS. The van der Waals surface area contributed by atoms with Gasteiger partial charge in [0, 0.05) is 19.4 Å². The summed E-state index contributed by atoms with van der Waals surface area (Å²) < 4.78 is 7.90. The van der Waals surface area contributed by atoms with E-state index in [0.717, 1.165) is 47.8 Å². The molecule has 0 saturated carbocycles. The Morgan fingerprint density at radius 3 is 2.64 bits per heavy atom. The topological polar surface area (TPSA) is 47.1 Å². The summed E-state index contributed by atoms with van der Waals surface area (Å²) in [6, 6.07) is 4.18.